The minimum absolute atomic E-state index is 0.0766. The SMILES string of the molecule is CC(CNC(=O)CN1CCN(CC(=O)NC2CC2)CC1)c1ccccc1. The smallest absolute Gasteiger partial charge is 0.234 e. The molecular weight excluding hydrogens is 328 g/mol. The summed E-state index contributed by atoms with van der Waals surface area (Å²) in [7, 11) is 0. The van der Waals surface area contributed by atoms with Crippen LogP contribution in [0.2, 0.25) is 0 Å². The Balaban J connectivity index is 1.31. The van der Waals surface area contributed by atoms with Crippen molar-refractivity contribution in [1.29, 1.82) is 0 Å². The molecule has 0 spiro atoms. The molecular formula is C20H30N4O2. The van der Waals surface area contributed by atoms with E-state index in [0.717, 1.165) is 39.0 Å². The van der Waals surface area contributed by atoms with Gasteiger partial charge >= 0.3 is 0 Å². The minimum Gasteiger partial charge on any atom is -0.354 e. The summed E-state index contributed by atoms with van der Waals surface area (Å²) in [5, 5.41) is 6.07. The van der Waals surface area contributed by atoms with E-state index in [1.54, 1.807) is 0 Å². The van der Waals surface area contributed by atoms with Gasteiger partial charge in [0.1, 0.15) is 0 Å². The number of amides is 2. The zero-order valence-corrected chi connectivity index (χ0v) is 15.6. The van der Waals surface area contributed by atoms with Crippen LogP contribution in [0.3, 0.4) is 0 Å². The van der Waals surface area contributed by atoms with Crippen molar-refractivity contribution in [2.75, 3.05) is 45.8 Å². The molecule has 1 atom stereocenters. The number of nitrogens with one attached hydrogen (secondary N) is 2. The molecule has 3 rings (SSSR count). The van der Waals surface area contributed by atoms with Crippen LogP contribution in [0.5, 0.6) is 0 Å². The van der Waals surface area contributed by atoms with Gasteiger partial charge in [0.2, 0.25) is 11.8 Å². The molecule has 2 amide bonds. The number of carbonyl (C=O) groups is 2. The van der Waals surface area contributed by atoms with Crippen LogP contribution in [0, 0.1) is 0 Å². The topological polar surface area (TPSA) is 64.7 Å². The van der Waals surface area contributed by atoms with Gasteiger partial charge in [-0.05, 0) is 24.3 Å². The van der Waals surface area contributed by atoms with Crippen LogP contribution in [-0.4, -0.2) is 73.5 Å². The van der Waals surface area contributed by atoms with E-state index in [9.17, 15) is 9.59 Å². The van der Waals surface area contributed by atoms with Crippen LogP contribution in [0.4, 0.5) is 0 Å². The molecule has 6 heteroatoms. The van der Waals surface area contributed by atoms with Crippen molar-refractivity contribution in [1.82, 2.24) is 20.4 Å². The van der Waals surface area contributed by atoms with Crippen LogP contribution in [0.15, 0.2) is 30.3 Å². The summed E-state index contributed by atoms with van der Waals surface area (Å²) in [5.41, 5.74) is 1.24. The molecule has 1 aliphatic carbocycles. The number of hydrogen-bond acceptors (Lipinski definition) is 4. The van der Waals surface area contributed by atoms with Crippen molar-refractivity contribution in [3.8, 4) is 0 Å². The highest BCUT2D eigenvalue weighted by Crippen LogP contribution is 2.18. The molecule has 2 fully saturated rings. The van der Waals surface area contributed by atoms with E-state index < -0.39 is 0 Å². The molecule has 2 N–H and O–H groups in total. The number of rotatable bonds is 8. The molecule has 142 valence electrons. The van der Waals surface area contributed by atoms with E-state index in [4.69, 9.17) is 0 Å². The standard InChI is InChI=1S/C20H30N4O2/c1-16(17-5-3-2-4-6-17)13-21-19(25)14-23-9-11-24(12-10-23)15-20(26)22-18-7-8-18/h2-6,16,18H,7-15H2,1H3,(H,21,25)(H,22,26). The summed E-state index contributed by atoms with van der Waals surface area (Å²) < 4.78 is 0. The monoisotopic (exact) mass is 358 g/mol. The van der Waals surface area contributed by atoms with Crippen LogP contribution >= 0.6 is 0 Å². The lowest BCUT2D eigenvalue weighted by atomic mass is 10.0. The van der Waals surface area contributed by atoms with Crippen LogP contribution < -0.4 is 10.6 Å². The summed E-state index contributed by atoms with van der Waals surface area (Å²) in [6, 6.07) is 10.7. The Hall–Kier alpha value is -1.92. The van der Waals surface area contributed by atoms with Gasteiger partial charge < -0.3 is 10.6 Å². The molecule has 1 saturated heterocycles. The van der Waals surface area contributed by atoms with E-state index in [1.807, 2.05) is 18.2 Å². The van der Waals surface area contributed by atoms with Crippen molar-refractivity contribution in [3.63, 3.8) is 0 Å². The Morgan fingerprint density at radius 3 is 2.15 bits per heavy atom. The van der Waals surface area contributed by atoms with Crippen molar-refractivity contribution >= 4 is 11.8 Å². The van der Waals surface area contributed by atoms with Crippen molar-refractivity contribution in [3.05, 3.63) is 35.9 Å². The lowest BCUT2D eigenvalue weighted by Crippen LogP contribution is -2.51. The number of nitrogens with zero attached hydrogens (tertiary/aromatic N) is 2. The molecule has 1 saturated carbocycles. The van der Waals surface area contributed by atoms with Gasteiger partial charge in [-0.3, -0.25) is 19.4 Å². The molecule has 0 radical (unpaired) electrons. The van der Waals surface area contributed by atoms with Gasteiger partial charge in [0.05, 0.1) is 13.1 Å². The van der Waals surface area contributed by atoms with Gasteiger partial charge in [-0.25, -0.2) is 0 Å². The summed E-state index contributed by atoms with van der Waals surface area (Å²) in [6.45, 7) is 7.04. The first kappa shape index (κ1) is 18.9. The Labute approximate surface area is 155 Å². The average molecular weight is 358 g/mol. The summed E-state index contributed by atoms with van der Waals surface area (Å²) in [6.07, 6.45) is 2.25. The maximum atomic E-state index is 12.2. The number of carbonyl (C=O) groups excluding carboxylic acids is 2. The van der Waals surface area contributed by atoms with E-state index in [0.29, 0.717) is 31.6 Å². The number of benzene rings is 1. The van der Waals surface area contributed by atoms with E-state index in [1.165, 1.54) is 5.56 Å². The molecule has 1 aromatic carbocycles. The number of piperazine rings is 1. The van der Waals surface area contributed by atoms with Gasteiger partial charge in [-0.2, -0.15) is 0 Å². The highest BCUT2D eigenvalue weighted by Gasteiger charge is 2.25. The third-order valence-corrected chi connectivity index (χ3v) is 5.12. The maximum absolute atomic E-state index is 12.2. The fourth-order valence-electron chi connectivity index (χ4n) is 3.23. The molecule has 0 bridgehead atoms. The zero-order valence-electron chi connectivity index (χ0n) is 15.6. The second-order valence-corrected chi connectivity index (χ2v) is 7.51. The first-order chi connectivity index (χ1) is 12.6. The second-order valence-electron chi connectivity index (χ2n) is 7.51. The van der Waals surface area contributed by atoms with Gasteiger partial charge in [-0.1, -0.05) is 37.3 Å². The lowest BCUT2D eigenvalue weighted by molar-refractivity contribution is -0.125. The van der Waals surface area contributed by atoms with E-state index in [2.05, 4.69) is 39.5 Å². The van der Waals surface area contributed by atoms with Gasteiger partial charge in [0.25, 0.3) is 0 Å². The predicted molar refractivity (Wildman–Crippen MR) is 102 cm³/mol. The quantitative estimate of drug-likeness (QED) is 0.722. The van der Waals surface area contributed by atoms with Crippen LogP contribution in [0.1, 0.15) is 31.2 Å². The van der Waals surface area contributed by atoms with Crippen molar-refractivity contribution in [2.45, 2.75) is 31.7 Å². The number of hydrogen-bond donors (Lipinski definition) is 2. The molecule has 1 heterocycles. The Morgan fingerprint density at radius 1 is 1.00 bits per heavy atom. The molecule has 26 heavy (non-hydrogen) atoms. The molecule has 6 nitrogen and oxygen atoms in total. The lowest BCUT2D eigenvalue weighted by Gasteiger charge is -2.33. The Kier molecular flexibility index (Phi) is 6.63. The van der Waals surface area contributed by atoms with E-state index >= 15 is 0 Å². The predicted octanol–water partition coefficient (Wildman–Crippen LogP) is 0.803. The highest BCUT2D eigenvalue weighted by molar-refractivity contribution is 5.79. The fourth-order valence-corrected chi connectivity index (χ4v) is 3.23. The summed E-state index contributed by atoms with van der Waals surface area (Å²) >= 11 is 0. The molecule has 1 unspecified atom stereocenters. The fraction of sp³-hybridized carbons (Fsp3) is 0.600. The summed E-state index contributed by atoms with van der Waals surface area (Å²) in [5.74, 6) is 0.517. The van der Waals surface area contributed by atoms with E-state index in [-0.39, 0.29) is 11.8 Å². The third-order valence-electron chi connectivity index (χ3n) is 5.12. The van der Waals surface area contributed by atoms with Gasteiger partial charge in [0.15, 0.2) is 0 Å². The zero-order chi connectivity index (χ0) is 18.4. The first-order valence-electron chi connectivity index (χ1n) is 9.66. The Bertz CT molecular complexity index is 595. The van der Waals surface area contributed by atoms with Crippen molar-refractivity contribution in [2.24, 2.45) is 0 Å². The molecule has 1 aliphatic heterocycles. The second kappa shape index (κ2) is 9.14. The first-order valence-corrected chi connectivity index (χ1v) is 9.66. The van der Waals surface area contributed by atoms with Gasteiger partial charge in [0, 0.05) is 38.8 Å². The summed E-state index contributed by atoms with van der Waals surface area (Å²) in [4.78, 5) is 28.4. The van der Waals surface area contributed by atoms with Crippen LogP contribution in [-0.2, 0) is 9.59 Å². The Morgan fingerprint density at radius 2 is 1.58 bits per heavy atom. The molecule has 1 aromatic rings. The largest absolute Gasteiger partial charge is 0.354 e. The van der Waals surface area contributed by atoms with Gasteiger partial charge in [-0.15, -0.1) is 0 Å². The third kappa shape index (κ3) is 6.11. The molecule has 0 aromatic heterocycles. The average Bonchev–Trinajstić information content (AvgIpc) is 3.46. The van der Waals surface area contributed by atoms with Crippen LogP contribution in [0.25, 0.3) is 0 Å². The normalized spacial score (nSPS) is 19.7. The minimum atomic E-state index is 0.0766. The molecule has 2 aliphatic rings. The maximum Gasteiger partial charge on any atom is 0.234 e. The highest BCUT2D eigenvalue weighted by atomic mass is 16.2. The van der Waals surface area contributed by atoms with Crippen molar-refractivity contribution < 1.29 is 9.59 Å².